The van der Waals surface area contributed by atoms with Crippen LogP contribution in [0.5, 0.6) is 0 Å². The average Bonchev–Trinajstić information content (AvgIpc) is 3.22. The largest absolute Gasteiger partial charge is 0.477 e. The first-order valence-corrected chi connectivity index (χ1v) is 13.9. The Balaban J connectivity index is 1.40. The van der Waals surface area contributed by atoms with Crippen LogP contribution in [-0.4, -0.2) is 73.9 Å². The first-order chi connectivity index (χ1) is 16.5. The molecule has 2 amide bonds. The Labute approximate surface area is 208 Å². The third-order valence-corrected chi connectivity index (χ3v) is 8.24. The number of hydrogen-bond acceptors (Lipinski definition) is 11. The van der Waals surface area contributed by atoms with Crippen LogP contribution in [0.3, 0.4) is 0 Å². The molecule has 3 heterocycles. The highest BCUT2D eigenvalue weighted by molar-refractivity contribution is 8.01. The minimum absolute atomic E-state index is 0.0146. The van der Waals surface area contributed by atoms with E-state index in [0.717, 1.165) is 22.2 Å². The van der Waals surface area contributed by atoms with Crippen molar-refractivity contribution in [2.75, 3.05) is 11.5 Å². The van der Waals surface area contributed by atoms with Crippen LogP contribution in [0.4, 0.5) is 0 Å². The summed E-state index contributed by atoms with van der Waals surface area (Å²) >= 11 is 2.29. The molecule has 1 saturated heterocycles. The average molecular weight is 544 g/mol. The lowest BCUT2D eigenvalue weighted by Crippen LogP contribution is -2.70. The molecule has 1 aromatic heterocycles. The minimum atomic E-state index is -4.34. The van der Waals surface area contributed by atoms with Crippen molar-refractivity contribution in [3.8, 4) is 0 Å². The van der Waals surface area contributed by atoms with Crippen LogP contribution in [0.25, 0.3) is 0 Å². The Morgan fingerprint density at radius 2 is 2.03 bits per heavy atom. The molecule has 13 nitrogen and oxygen atoms in total. The predicted molar refractivity (Wildman–Crippen MR) is 124 cm³/mol. The monoisotopic (exact) mass is 543 g/mol. The van der Waals surface area contributed by atoms with E-state index in [1.165, 1.54) is 11.8 Å². The fraction of sp³-hybridized carbons (Fsp3) is 0.421. The molecule has 3 aliphatic rings. The third-order valence-electron chi connectivity index (χ3n) is 5.39. The second-order valence-corrected chi connectivity index (χ2v) is 11.4. The molecule has 0 aromatic carbocycles. The number of carbonyl (C=O) groups is 3. The molecule has 188 valence electrons. The highest BCUT2D eigenvalue weighted by atomic mass is 32.2. The Morgan fingerprint density at radius 1 is 1.29 bits per heavy atom. The van der Waals surface area contributed by atoms with Crippen LogP contribution in [0.1, 0.15) is 25.2 Å². The Bertz CT molecular complexity index is 1270. The molecule has 2 atom stereocenters. The number of aliphatic carboxylic acids is 1. The van der Waals surface area contributed by atoms with E-state index < -0.39 is 39.2 Å². The summed E-state index contributed by atoms with van der Waals surface area (Å²) in [6, 6.07) is -0.837. The number of carbonyl (C=O) groups excluding carboxylic acids is 2. The number of nitrogens with zero attached hydrogens (tertiary/aromatic N) is 3. The zero-order chi connectivity index (χ0) is 25.3. The Hall–Kier alpha value is -2.82. The van der Waals surface area contributed by atoms with E-state index >= 15 is 0 Å². The van der Waals surface area contributed by atoms with Gasteiger partial charge in [-0.1, -0.05) is 23.9 Å². The van der Waals surface area contributed by atoms with Crippen molar-refractivity contribution < 1.29 is 36.9 Å². The quantitative estimate of drug-likeness (QED) is 0.143. The number of rotatable bonds is 9. The van der Waals surface area contributed by atoms with Gasteiger partial charge in [-0.15, -0.1) is 22.0 Å². The second-order valence-electron chi connectivity index (χ2n) is 7.87. The second kappa shape index (κ2) is 10.0. The summed E-state index contributed by atoms with van der Waals surface area (Å²) in [5.74, 6) is -2.92. The maximum Gasteiger partial charge on any atom is 0.352 e. The highest BCUT2D eigenvalue weighted by Crippen LogP contribution is 2.41. The van der Waals surface area contributed by atoms with Crippen molar-refractivity contribution in [1.29, 1.82) is 0 Å². The first kappa shape index (κ1) is 25.3. The lowest BCUT2D eigenvalue weighted by atomic mass is 9.98. The molecule has 1 aromatic rings. The first-order valence-electron chi connectivity index (χ1n) is 10.2. The smallest absolute Gasteiger partial charge is 0.352 e. The summed E-state index contributed by atoms with van der Waals surface area (Å²) in [5, 5.41) is 19.1. The number of nitrogens with two attached hydrogens (primary N) is 1. The van der Waals surface area contributed by atoms with Crippen LogP contribution in [-0.2, 0) is 30.3 Å². The summed E-state index contributed by atoms with van der Waals surface area (Å²) in [6.07, 6.45) is 5.09. The van der Waals surface area contributed by atoms with Crippen molar-refractivity contribution in [2.24, 2.45) is 5.73 Å². The maximum absolute atomic E-state index is 12.8. The van der Waals surface area contributed by atoms with Crippen molar-refractivity contribution in [1.82, 2.24) is 20.4 Å². The number of fused-ring (bicyclic) bond motifs is 1. The van der Waals surface area contributed by atoms with Gasteiger partial charge in [0.15, 0.2) is 5.75 Å². The van der Waals surface area contributed by atoms with Gasteiger partial charge in [-0.2, -0.15) is 8.42 Å². The SMILES string of the molecule is NC1=C(CC(=O)NC2C(=O)N3C(C(=O)O)=C(CSc4nnc(CS(=O)(=O)O)o4)CS[C@@H]23)CC=CC1. The molecule has 0 saturated carbocycles. The van der Waals surface area contributed by atoms with E-state index in [0.29, 0.717) is 24.1 Å². The Morgan fingerprint density at radius 3 is 2.71 bits per heavy atom. The molecule has 5 N–H and O–H groups in total. The lowest BCUT2D eigenvalue weighted by molar-refractivity contribution is -0.150. The van der Waals surface area contributed by atoms with E-state index in [2.05, 4.69) is 15.5 Å². The van der Waals surface area contributed by atoms with Gasteiger partial charge in [0.2, 0.25) is 11.8 Å². The van der Waals surface area contributed by atoms with Gasteiger partial charge in [0.05, 0.1) is 0 Å². The zero-order valence-corrected chi connectivity index (χ0v) is 20.5. The molecule has 0 spiro atoms. The molecule has 0 bridgehead atoms. The van der Waals surface area contributed by atoms with Gasteiger partial charge < -0.3 is 20.6 Å². The summed E-state index contributed by atoms with van der Waals surface area (Å²) in [7, 11) is -4.34. The van der Waals surface area contributed by atoms with E-state index in [4.69, 9.17) is 14.7 Å². The molecule has 16 heteroatoms. The number of aromatic nitrogens is 2. The van der Waals surface area contributed by atoms with Crippen molar-refractivity contribution >= 4 is 51.4 Å². The summed E-state index contributed by atoms with van der Waals surface area (Å²) < 4.78 is 35.8. The van der Waals surface area contributed by atoms with E-state index in [1.54, 1.807) is 0 Å². The van der Waals surface area contributed by atoms with Crippen LogP contribution in [0.15, 0.2) is 44.3 Å². The van der Waals surface area contributed by atoms with Gasteiger partial charge in [-0.3, -0.25) is 19.0 Å². The number of carboxylic acids is 1. The van der Waals surface area contributed by atoms with Crippen molar-refractivity contribution in [2.45, 2.75) is 41.7 Å². The van der Waals surface area contributed by atoms with E-state index in [9.17, 15) is 27.9 Å². The maximum atomic E-state index is 12.8. The normalized spacial score (nSPS) is 22.2. The molecule has 1 fully saturated rings. The topological polar surface area (TPSA) is 206 Å². The number of β-lactam (4-membered cyclic amide) rings is 1. The fourth-order valence-electron chi connectivity index (χ4n) is 3.77. The third kappa shape index (κ3) is 5.71. The molecular formula is C19H21N5O8S3. The van der Waals surface area contributed by atoms with Crippen molar-refractivity contribution in [3.05, 3.63) is 40.6 Å². The van der Waals surface area contributed by atoms with Gasteiger partial charge in [0.1, 0.15) is 17.1 Å². The summed E-state index contributed by atoms with van der Waals surface area (Å²) in [6.45, 7) is 0. The van der Waals surface area contributed by atoms with Gasteiger partial charge in [0.25, 0.3) is 21.2 Å². The lowest BCUT2D eigenvalue weighted by Gasteiger charge is -2.49. The van der Waals surface area contributed by atoms with Crippen molar-refractivity contribution in [3.63, 3.8) is 0 Å². The van der Waals surface area contributed by atoms with Gasteiger partial charge in [-0.05, 0) is 17.6 Å². The summed E-state index contributed by atoms with van der Waals surface area (Å²) in [4.78, 5) is 38.4. The number of thioether (sulfide) groups is 2. The molecule has 4 rings (SSSR count). The minimum Gasteiger partial charge on any atom is -0.477 e. The molecule has 0 radical (unpaired) electrons. The number of carboxylic acid groups (broad SMARTS) is 1. The fourth-order valence-corrected chi connectivity index (χ4v) is 6.46. The van der Waals surface area contributed by atoms with Gasteiger partial charge >= 0.3 is 5.97 Å². The standard InChI is InChI=1S/C19H21N5O8S3/c20-11-4-2-1-3-9(11)5-12(25)21-14-16(26)24-15(18(27)28)10(6-33-17(14)24)7-34-19-23-22-13(32-19)8-35(29,30)31/h1-2,14,17H,3-8,20H2,(H,21,25)(H,27,28)(H,29,30,31)/t14?,17-/m0/s1. The van der Waals surface area contributed by atoms with Crippen LogP contribution < -0.4 is 11.1 Å². The number of allylic oxidation sites excluding steroid dienone is 2. The number of hydrogen-bond donors (Lipinski definition) is 4. The van der Waals surface area contributed by atoms with E-state index in [1.807, 2.05) is 12.2 Å². The predicted octanol–water partition coefficient (Wildman–Crippen LogP) is 0.241. The molecule has 35 heavy (non-hydrogen) atoms. The number of amides is 2. The van der Waals surface area contributed by atoms with Gasteiger partial charge in [0, 0.05) is 30.0 Å². The molecular weight excluding hydrogens is 522 g/mol. The zero-order valence-electron chi connectivity index (χ0n) is 18.0. The van der Waals surface area contributed by atoms with Crippen LogP contribution in [0, 0.1) is 0 Å². The van der Waals surface area contributed by atoms with Crippen LogP contribution in [0.2, 0.25) is 0 Å². The summed E-state index contributed by atoms with van der Waals surface area (Å²) in [5.41, 5.74) is 7.65. The van der Waals surface area contributed by atoms with Crippen LogP contribution >= 0.6 is 23.5 Å². The molecule has 2 aliphatic heterocycles. The Kier molecular flexibility index (Phi) is 7.25. The number of nitrogens with one attached hydrogen (secondary N) is 1. The highest BCUT2D eigenvalue weighted by Gasteiger charge is 2.54. The molecule has 1 unspecified atom stereocenters. The van der Waals surface area contributed by atoms with E-state index in [-0.39, 0.29) is 40.6 Å². The molecule has 1 aliphatic carbocycles. The van der Waals surface area contributed by atoms with Gasteiger partial charge in [-0.25, -0.2) is 4.79 Å².